The predicted octanol–water partition coefficient (Wildman–Crippen LogP) is 2.19. The third kappa shape index (κ3) is 2.66. The molecule has 3 nitrogen and oxygen atoms in total. The first-order chi connectivity index (χ1) is 8.11. The zero-order valence-electron chi connectivity index (χ0n) is 9.37. The zero-order valence-corrected chi connectivity index (χ0v) is 10.1. The number of nitrogens with zero attached hydrogens (tertiary/aromatic N) is 2. The molecule has 1 saturated heterocycles. The van der Waals surface area contributed by atoms with Gasteiger partial charge in [0.1, 0.15) is 5.82 Å². The summed E-state index contributed by atoms with van der Waals surface area (Å²) in [7, 11) is 0. The van der Waals surface area contributed by atoms with Crippen molar-refractivity contribution in [1.82, 2.24) is 4.98 Å². The summed E-state index contributed by atoms with van der Waals surface area (Å²) in [5, 5.41) is 0. The Kier molecular flexibility index (Phi) is 3.79. The second kappa shape index (κ2) is 5.14. The summed E-state index contributed by atoms with van der Waals surface area (Å²) in [6.45, 7) is 2.81. The highest BCUT2D eigenvalue weighted by Gasteiger charge is 2.28. The molecule has 1 aromatic rings. The van der Waals surface area contributed by atoms with E-state index in [1.54, 1.807) is 4.90 Å². The molecule has 6 heteroatoms. The highest BCUT2D eigenvalue weighted by molar-refractivity contribution is 6.18. The van der Waals surface area contributed by atoms with E-state index in [9.17, 15) is 8.78 Å². The molecule has 1 aliphatic heterocycles. The van der Waals surface area contributed by atoms with Gasteiger partial charge in [0, 0.05) is 12.6 Å². The molecule has 2 unspecified atom stereocenters. The lowest BCUT2D eigenvalue weighted by Gasteiger charge is -2.38. The monoisotopic (exact) mass is 262 g/mol. The van der Waals surface area contributed by atoms with Crippen molar-refractivity contribution in [2.24, 2.45) is 0 Å². The Morgan fingerprint density at radius 2 is 2.35 bits per heavy atom. The molecule has 2 atom stereocenters. The van der Waals surface area contributed by atoms with Gasteiger partial charge in [-0.2, -0.15) is 0 Å². The second-order valence-electron chi connectivity index (χ2n) is 4.07. The molecule has 0 aliphatic carbocycles. The van der Waals surface area contributed by atoms with Gasteiger partial charge in [-0.3, -0.25) is 0 Å². The SMILES string of the molecule is CC1COC(CCl)CN1c1ncc(F)cc1F. The van der Waals surface area contributed by atoms with Gasteiger partial charge in [-0.05, 0) is 6.92 Å². The van der Waals surface area contributed by atoms with Gasteiger partial charge in [0.15, 0.2) is 11.6 Å². The summed E-state index contributed by atoms with van der Waals surface area (Å²) in [4.78, 5) is 5.55. The number of hydrogen-bond acceptors (Lipinski definition) is 3. The lowest BCUT2D eigenvalue weighted by molar-refractivity contribution is 0.0358. The van der Waals surface area contributed by atoms with Crippen LogP contribution in [0.2, 0.25) is 0 Å². The third-order valence-corrected chi connectivity index (χ3v) is 3.08. The minimum absolute atomic E-state index is 0.0121. The van der Waals surface area contributed by atoms with Crippen molar-refractivity contribution in [1.29, 1.82) is 0 Å². The smallest absolute Gasteiger partial charge is 0.168 e. The minimum Gasteiger partial charge on any atom is -0.373 e. The molecule has 0 N–H and O–H groups in total. The van der Waals surface area contributed by atoms with Crippen LogP contribution in [0.15, 0.2) is 12.3 Å². The molecule has 1 fully saturated rings. The summed E-state index contributed by atoms with van der Waals surface area (Å²) in [5.41, 5.74) is 0. The van der Waals surface area contributed by atoms with Gasteiger partial charge in [-0.25, -0.2) is 13.8 Å². The molecule has 2 heterocycles. The van der Waals surface area contributed by atoms with Crippen LogP contribution in [0.3, 0.4) is 0 Å². The molecule has 1 aliphatic rings. The van der Waals surface area contributed by atoms with Crippen molar-refractivity contribution in [3.63, 3.8) is 0 Å². The number of aromatic nitrogens is 1. The Balaban J connectivity index is 2.24. The Hall–Kier alpha value is -0.940. The van der Waals surface area contributed by atoms with Crippen molar-refractivity contribution < 1.29 is 13.5 Å². The van der Waals surface area contributed by atoms with E-state index in [4.69, 9.17) is 16.3 Å². The van der Waals surface area contributed by atoms with Crippen molar-refractivity contribution >= 4 is 17.4 Å². The van der Waals surface area contributed by atoms with E-state index in [0.717, 1.165) is 12.3 Å². The Morgan fingerprint density at radius 1 is 1.59 bits per heavy atom. The van der Waals surface area contributed by atoms with Crippen LogP contribution in [0.25, 0.3) is 0 Å². The number of morpholine rings is 1. The van der Waals surface area contributed by atoms with Gasteiger partial charge >= 0.3 is 0 Å². The van der Waals surface area contributed by atoms with Crippen LogP contribution in [0.5, 0.6) is 0 Å². The van der Waals surface area contributed by atoms with Gasteiger partial charge in [0.2, 0.25) is 0 Å². The van der Waals surface area contributed by atoms with E-state index in [1.165, 1.54) is 0 Å². The summed E-state index contributed by atoms with van der Waals surface area (Å²) < 4.78 is 31.9. The molecule has 94 valence electrons. The highest BCUT2D eigenvalue weighted by Crippen LogP contribution is 2.23. The number of hydrogen-bond donors (Lipinski definition) is 0. The molecule has 17 heavy (non-hydrogen) atoms. The number of pyridine rings is 1. The van der Waals surface area contributed by atoms with E-state index in [0.29, 0.717) is 19.0 Å². The van der Waals surface area contributed by atoms with Gasteiger partial charge in [-0.1, -0.05) is 0 Å². The van der Waals surface area contributed by atoms with E-state index >= 15 is 0 Å². The van der Waals surface area contributed by atoms with E-state index in [1.807, 2.05) is 6.92 Å². The molecule has 0 radical (unpaired) electrons. The van der Waals surface area contributed by atoms with Crippen LogP contribution in [0.1, 0.15) is 6.92 Å². The molecular weight excluding hydrogens is 250 g/mol. The van der Waals surface area contributed by atoms with Crippen molar-refractivity contribution in [3.05, 3.63) is 23.9 Å². The Bertz CT molecular complexity index is 405. The second-order valence-corrected chi connectivity index (χ2v) is 4.38. The zero-order chi connectivity index (χ0) is 12.4. The van der Waals surface area contributed by atoms with Crippen molar-refractivity contribution in [3.8, 4) is 0 Å². The Morgan fingerprint density at radius 3 is 3.00 bits per heavy atom. The molecular formula is C11H13ClF2N2O. The van der Waals surface area contributed by atoms with Gasteiger partial charge in [0.05, 0.1) is 30.8 Å². The van der Waals surface area contributed by atoms with Crippen molar-refractivity contribution in [2.75, 3.05) is 23.9 Å². The van der Waals surface area contributed by atoms with Crippen LogP contribution >= 0.6 is 11.6 Å². The topological polar surface area (TPSA) is 25.4 Å². The lowest BCUT2D eigenvalue weighted by Crippen LogP contribution is -2.49. The lowest BCUT2D eigenvalue weighted by atomic mass is 10.2. The number of rotatable bonds is 2. The maximum atomic E-state index is 13.6. The first-order valence-corrected chi connectivity index (χ1v) is 5.90. The van der Waals surface area contributed by atoms with Crippen LogP contribution in [0.4, 0.5) is 14.6 Å². The first-order valence-electron chi connectivity index (χ1n) is 5.37. The van der Waals surface area contributed by atoms with Gasteiger partial charge < -0.3 is 9.64 Å². The summed E-state index contributed by atoms with van der Waals surface area (Å²) in [6, 6.07) is 0.821. The molecule has 2 rings (SSSR count). The molecule has 0 bridgehead atoms. The van der Waals surface area contributed by atoms with Crippen LogP contribution in [-0.4, -0.2) is 36.2 Å². The summed E-state index contributed by atoms with van der Waals surface area (Å²) in [5.74, 6) is -0.850. The van der Waals surface area contributed by atoms with E-state index in [-0.39, 0.29) is 18.0 Å². The summed E-state index contributed by atoms with van der Waals surface area (Å²) >= 11 is 5.72. The number of anilines is 1. The van der Waals surface area contributed by atoms with Gasteiger partial charge in [0.25, 0.3) is 0 Å². The fraction of sp³-hybridized carbons (Fsp3) is 0.545. The minimum atomic E-state index is -0.680. The standard InChI is InChI=1S/C11H13ClF2N2O/c1-7-6-17-9(3-12)5-16(7)11-10(14)2-8(13)4-15-11/h2,4,7,9H,3,5-6H2,1H3. The summed E-state index contributed by atoms with van der Waals surface area (Å²) in [6.07, 6.45) is 0.857. The van der Waals surface area contributed by atoms with Crippen molar-refractivity contribution in [2.45, 2.75) is 19.1 Å². The fourth-order valence-electron chi connectivity index (χ4n) is 1.82. The molecule has 0 saturated carbocycles. The average Bonchev–Trinajstić information content (AvgIpc) is 2.30. The highest BCUT2D eigenvalue weighted by atomic mass is 35.5. The Labute approximate surface area is 103 Å². The van der Waals surface area contributed by atoms with Crippen LogP contribution in [0, 0.1) is 11.6 Å². The maximum absolute atomic E-state index is 13.6. The fourth-order valence-corrected chi connectivity index (χ4v) is 2.01. The normalized spacial score (nSPS) is 25.1. The third-order valence-electron chi connectivity index (χ3n) is 2.74. The maximum Gasteiger partial charge on any atom is 0.168 e. The first kappa shape index (κ1) is 12.5. The molecule has 1 aromatic heterocycles. The quantitative estimate of drug-likeness (QED) is 0.764. The number of ether oxygens (including phenoxy) is 1. The number of halogens is 3. The molecule has 0 aromatic carbocycles. The predicted molar refractivity (Wildman–Crippen MR) is 61.4 cm³/mol. The van der Waals surface area contributed by atoms with Crippen LogP contribution < -0.4 is 4.90 Å². The van der Waals surface area contributed by atoms with E-state index in [2.05, 4.69) is 4.98 Å². The number of alkyl halides is 1. The largest absolute Gasteiger partial charge is 0.373 e. The van der Waals surface area contributed by atoms with Crippen LogP contribution in [-0.2, 0) is 4.74 Å². The van der Waals surface area contributed by atoms with E-state index < -0.39 is 11.6 Å². The van der Waals surface area contributed by atoms with Gasteiger partial charge in [-0.15, -0.1) is 11.6 Å². The molecule has 0 spiro atoms. The average molecular weight is 263 g/mol. The molecule has 0 amide bonds.